The predicted octanol–water partition coefficient (Wildman–Crippen LogP) is 6.88. The van der Waals surface area contributed by atoms with Crippen LogP contribution in [0.5, 0.6) is 0 Å². The third kappa shape index (κ3) is 7.03. The number of allylic oxidation sites excluding steroid dienone is 3. The number of carboxylic acids is 1. The van der Waals surface area contributed by atoms with Crippen molar-refractivity contribution in [3.63, 3.8) is 0 Å². The first-order chi connectivity index (χ1) is 19.2. The van der Waals surface area contributed by atoms with E-state index < -0.39 is 11.8 Å². The number of aliphatic imine (C=N–C) groups is 1. The van der Waals surface area contributed by atoms with E-state index >= 15 is 4.39 Å². The van der Waals surface area contributed by atoms with Crippen molar-refractivity contribution in [2.24, 2.45) is 4.99 Å². The van der Waals surface area contributed by atoms with Crippen LogP contribution in [0.1, 0.15) is 75.6 Å². The molecule has 1 saturated heterocycles. The molecule has 0 radical (unpaired) electrons. The molecule has 2 aliphatic heterocycles. The number of nitrogens with zero attached hydrogens (tertiary/aromatic N) is 3. The van der Waals surface area contributed by atoms with Crippen LogP contribution in [-0.2, 0) is 4.79 Å². The Kier molecular flexibility index (Phi) is 10.8. The van der Waals surface area contributed by atoms with Gasteiger partial charge in [0, 0.05) is 12.6 Å². The van der Waals surface area contributed by atoms with Crippen LogP contribution in [-0.4, -0.2) is 59.0 Å². The van der Waals surface area contributed by atoms with E-state index in [1.807, 2.05) is 43.7 Å². The normalized spacial score (nSPS) is 18.1. The molecule has 1 fully saturated rings. The Balaban J connectivity index is 0.00000216. The van der Waals surface area contributed by atoms with Crippen molar-refractivity contribution in [3.8, 4) is 11.1 Å². The molecule has 0 saturated carbocycles. The average Bonchev–Trinajstić information content (AvgIpc) is 3.18. The molecule has 1 aromatic heterocycles. The summed E-state index contributed by atoms with van der Waals surface area (Å²) in [5.41, 5.74) is 3.38. The SMILES string of the molecule is C=C(/C=C1/N=C(C(=O)N2CCCCCC2C)C=C(CC)N1C)c1ccc(-c2ccbc(C(=O)O)c2)cc1F.CC. The van der Waals surface area contributed by atoms with E-state index in [4.69, 9.17) is 0 Å². The van der Waals surface area contributed by atoms with Crippen molar-refractivity contribution < 1.29 is 19.1 Å². The number of carboxylic acid groups (broad SMARTS) is 1. The van der Waals surface area contributed by atoms with Gasteiger partial charge in [0.25, 0.3) is 5.91 Å². The van der Waals surface area contributed by atoms with Gasteiger partial charge < -0.3 is 4.90 Å². The van der Waals surface area contributed by atoms with Crippen LogP contribution in [0.4, 0.5) is 4.39 Å². The van der Waals surface area contributed by atoms with Gasteiger partial charge in [0.2, 0.25) is 0 Å². The van der Waals surface area contributed by atoms with Gasteiger partial charge in [-0.3, -0.25) is 4.79 Å². The second-order valence-corrected chi connectivity index (χ2v) is 9.85. The van der Waals surface area contributed by atoms with E-state index in [1.54, 1.807) is 30.2 Å². The molecule has 0 spiro atoms. The maximum Gasteiger partial charge on any atom is -0.0683 e. The number of carbonyl (C=O) groups is 2. The maximum absolute atomic E-state index is 15.2. The number of rotatable bonds is 6. The summed E-state index contributed by atoms with van der Waals surface area (Å²) in [6.07, 6.45) is 8.48. The fourth-order valence-electron chi connectivity index (χ4n) is 4.95. The molecule has 210 valence electrons. The van der Waals surface area contributed by atoms with Gasteiger partial charge in [-0.1, -0.05) is 33.6 Å². The molecule has 6 nitrogen and oxygen atoms in total. The Morgan fingerprint density at radius 1 is 1.18 bits per heavy atom. The third-order valence-electron chi connectivity index (χ3n) is 7.27. The standard InChI is InChI=1S/C30H33BFN3O3.C2H6/c1-5-23-18-27(29(36)35-14-8-6-7-9-20(35)3)33-28(34(23)4)15-19(2)24-11-10-21(17-26(24)32)22-12-13-31-25(16-22)30(37)38;1-2/h10-13,15-18,20H,2,5-9,14H2,1,3-4H3,(H,37,38);1-2H3/b28-15-;. The summed E-state index contributed by atoms with van der Waals surface area (Å²) in [5, 5.41) is 9.26. The van der Waals surface area contributed by atoms with Crippen molar-refractivity contribution in [3.05, 3.63) is 83.4 Å². The van der Waals surface area contributed by atoms with Gasteiger partial charge in [-0.05, 0) is 32.3 Å². The number of aromatic carboxylic acids is 1. The van der Waals surface area contributed by atoms with E-state index in [1.165, 1.54) is 19.0 Å². The van der Waals surface area contributed by atoms with E-state index in [9.17, 15) is 14.7 Å². The quantitative estimate of drug-likeness (QED) is 0.431. The van der Waals surface area contributed by atoms with Crippen LogP contribution in [0.15, 0.2) is 71.5 Å². The molecule has 4 rings (SSSR count). The van der Waals surface area contributed by atoms with E-state index in [0.717, 1.165) is 37.9 Å². The van der Waals surface area contributed by atoms with Crippen molar-refractivity contribution in [2.45, 2.75) is 65.8 Å². The zero-order valence-electron chi connectivity index (χ0n) is 24.2. The molecule has 0 aliphatic carbocycles. The monoisotopic (exact) mass is 543 g/mol. The van der Waals surface area contributed by atoms with Crippen molar-refractivity contribution in [1.29, 1.82) is 0 Å². The van der Waals surface area contributed by atoms with Gasteiger partial charge >= 0.3 is 144 Å². The van der Waals surface area contributed by atoms with E-state index in [2.05, 4.69) is 18.5 Å². The van der Waals surface area contributed by atoms with Crippen molar-refractivity contribution in [2.75, 3.05) is 13.6 Å². The van der Waals surface area contributed by atoms with Gasteiger partial charge in [-0.2, -0.15) is 0 Å². The Morgan fingerprint density at radius 2 is 1.90 bits per heavy atom. The fourth-order valence-corrected chi connectivity index (χ4v) is 4.95. The third-order valence-corrected chi connectivity index (χ3v) is 7.27. The molecule has 1 amide bonds. The van der Waals surface area contributed by atoms with Gasteiger partial charge in [0.15, 0.2) is 0 Å². The molecule has 1 N–H and O–H groups in total. The number of carbonyl (C=O) groups excluding carboxylic acids is 1. The molecule has 0 bridgehead atoms. The Labute approximate surface area is 237 Å². The first-order valence-electron chi connectivity index (χ1n) is 14.1. The van der Waals surface area contributed by atoms with E-state index in [-0.39, 0.29) is 17.4 Å². The number of amides is 1. The van der Waals surface area contributed by atoms with Gasteiger partial charge in [0.1, 0.15) is 0 Å². The van der Waals surface area contributed by atoms with Crippen LogP contribution in [0, 0.1) is 5.82 Å². The number of halogens is 1. The molecule has 1 atom stereocenters. The molecule has 2 aliphatic rings. The summed E-state index contributed by atoms with van der Waals surface area (Å²) >= 11 is 0. The smallest absolute Gasteiger partial charge is 0.0683 e. The van der Waals surface area contributed by atoms with Crippen LogP contribution in [0.2, 0.25) is 0 Å². The minimum atomic E-state index is -1.04. The molecule has 8 heteroatoms. The van der Waals surface area contributed by atoms with Crippen molar-refractivity contribution in [1.82, 2.24) is 9.80 Å². The van der Waals surface area contributed by atoms with Gasteiger partial charge in [-0.15, -0.1) is 0 Å². The molecular formula is C32H39BFN3O3. The second kappa shape index (κ2) is 14.0. The first-order valence-corrected chi connectivity index (χ1v) is 14.1. The average molecular weight is 543 g/mol. The number of hydrogen-bond donors (Lipinski definition) is 1. The summed E-state index contributed by atoms with van der Waals surface area (Å²) in [4.78, 5) is 33.3. The Morgan fingerprint density at radius 3 is 2.58 bits per heavy atom. The van der Waals surface area contributed by atoms with Gasteiger partial charge in [0.05, 0.1) is 0 Å². The second-order valence-electron chi connectivity index (χ2n) is 9.85. The zero-order valence-corrected chi connectivity index (χ0v) is 24.2. The fraction of sp³-hybridized carbons (Fsp3) is 0.375. The number of hydrogen-bond acceptors (Lipinski definition) is 4. The summed E-state index contributed by atoms with van der Waals surface area (Å²) in [6, 6.07) is 8.17. The molecule has 1 unspecified atom stereocenters. The van der Waals surface area contributed by atoms with Crippen LogP contribution in [0.25, 0.3) is 16.7 Å². The molecule has 3 heterocycles. The van der Waals surface area contributed by atoms with Crippen LogP contribution < -0.4 is 0 Å². The van der Waals surface area contributed by atoms with Crippen LogP contribution >= 0.6 is 0 Å². The summed E-state index contributed by atoms with van der Waals surface area (Å²) in [7, 11) is 1.88. The Bertz CT molecular complexity index is 1360. The molecule has 1 aromatic carbocycles. The number of likely N-dealkylation sites (tertiary alicyclic amines) is 1. The largest absolute Gasteiger partial charge is 0.0683 e. The zero-order chi connectivity index (χ0) is 29.4. The molecule has 2 aromatic rings. The van der Waals surface area contributed by atoms with Crippen LogP contribution in [0.3, 0.4) is 0 Å². The predicted molar refractivity (Wildman–Crippen MR) is 162 cm³/mol. The summed E-state index contributed by atoms with van der Waals surface area (Å²) in [6.45, 7) is 14.4. The number of benzene rings is 1. The maximum atomic E-state index is 15.2. The van der Waals surface area contributed by atoms with Crippen molar-refractivity contribution >= 4 is 30.1 Å². The summed E-state index contributed by atoms with van der Waals surface area (Å²) < 4.78 is 15.2. The summed E-state index contributed by atoms with van der Waals surface area (Å²) in [5.74, 6) is 0.569. The minimum Gasteiger partial charge on any atom is -0.0683 e. The first kappa shape index (κ1) is 30.7. The molecular weight excluding hydrogens is 504 g/mol. The minimum absolute atomic E-state index is 0.0749. The van der Waals surface area contributed by atoms with Gasteiger partial charge in [-0.25, -0.2) is 0 Å². The topological polar surface area (TPSA) is 73.2 Å². The Hall–Kier alpha value is -3.81. The van der Waals surface area contributed by atoms with E-state index in [0.29, 0.717) is 40.2 Å². The molecule has 40 heavy (non-hydrogen) atoms.